The van der Waals surface area contributed by atoms with Crippen LogP contribution in [0.25, 0.3) is 0 Å². The van der Waals surface area contributed by atoms with Gasteiger partial charge in [-0.1, -0.05) is 32.4 Å². The first kappa shape index (κ1) is 13.2. The summed E-state index contributed by atoms with van der Waals surface area (Å²) < 4.78 is 0. The molecule has 0 bridgehead atoms. The molecule has 0 radical (unpaired) electrons. The van der Waals surface area contributed by atoms with Crippen molar-refractivity contribution in [2.75, 3.05) is 7.05 Å². The molecule has 0 rings (SSSR count). The molecule has 0 aromatic rings. The molecule has 1 N–H and O–H groups in total. The Balaban J connectivity index is 3.29. The lowest BCUT2D eigenvalue weighted by atomic mass is 10.1. The average Bonchev–Trinajstić information content (AvgIpc) is 2.22. The number of hydrogen-bond donors (Lipinski definition) is 1. The second-order valence-corrected chi connectivity index (χ2v) is 3.73. The Hall–Kier alpha value is -0.790. The van der Waals surface area contributed by atoms with E-state index in [2.05, 4.69) is 31.3 Å². The smallest absolute Gasteiger partial charge is 0.219 e. The summed E-state index contributed by atoms with van der Waals surface area (Å²) in [6.07, 6.45) is 9.56. The quantitative estimate of drug-likeness (QED) is 0.493. The van der Waals surface area contributed by atoms with Gasteiger partial charge in [0.15, 0.2) is 0 Å². The van der Waals surface area contributed by atoms with E-state index in [9.17, 15) is 4.79 Å². The molecule has 0 aliphatic rings. The van der Waals surface area contributed by atoms with E-state index < -0.39 is 0 Å². The van der Waals surface area contributed by atoms with Gasteiger partial charge >= 0.3 is 0 Å². The summed E-state index contributed by atoms with van der Waals surface area (Å²) in [6, 6.07) is 0. The lowest BCUT2D eigenvalue weighted by Gasteiger charge is -2.00. The van der Waals surface area contributed by atoms with Crippen LogP contribution >= 0.6 is 0 Å². The summed E-state index contributed by atoms with van der Waals surface area (Å²) in [5.74, 6) is 0.838. The van der Waals surface area contributed by atoms with Gasteiger partial charge in [0.05, 0.1) is 0 Å². The molecule has 82 valence electrons. The molecule has 1 atom stereocenters. The lowest BCUT2D eigenvalue weighted by Crippen LogP contribution is -2.16. The fraction of sp³-hybridized carbons (Fsp3) is 0.750. The van der Waals surface area contributed by atoms with Gasteiger partial charge in [0.25, 0.3) is 0 Å². The minimum absolute atomic E-state index is 0.149. The predicted octanol–water partition coefficient (Wildman–Crippen LogP) is 2.90. The summed E-state index contributed by atoms with van der Waals surface area (Å²) >= 11 is 0. The number of rotatable bonds is 7. The molecule has 0 aromatic heterocycles. The van der Waals surface area contributed by atoms with Gasteiger partial charge in [0.1, 0.15) is 0 Å². The van der Waals surface area contributed by atoms with Crippen LogP contribution in [0.1, 0.15) is 46.0 Å². The molecule has 2 nitrogen and oxygen atoms in total. The minimum Gasteiger partial charge on any atom is -0.359 e. The van der Waals surface area contributed by atoms with Crippen molar-refractivity contribution in [2.45, 2.75) is 46.0 Å². The largest absolute Gasteiger partial charge is 0.359 e. The van der Waals surface area contributed by atoms with Crippen molar-refractivity contribution in [1.82, 2.24) is 5.32 Å². The first-order chi connectivity index (χ1) is 6.70. The van der Waals surface area contributed by atoms with E-state index in [0.29, 0.717) is 12.3 Å². The van der Waals surface area contributed by atoms with Crippen molar-refractivity contribution in [3.63, 3.8) is 0 Å². The van der Waals surface area contributed by atoms with Crippen molar-refractivity contribution < 1.29 is 4.79 Å². The number of unbranched alkanes of at least 4 members (excludes halogenated alkanes) is 2. The molecule has 0 spiro atoms. The van der Waals surface area contributed by atoms with Gasteiger partial charge in [-0.15, -0.1) is 0 Å². The van der Waals surface area contributed by atoms with Crippen molar-refractivity contribution in [3.05, 3.63) is 12.2 Å². The molecule has 14 heavy (non-hydrogen) atoms. The Morgan fingerprint density at radius 2 is 2.14 bits per heavy atom. The lowest BCUT2D eigenvalue weighted by molar-refractivity contribution is -0.120. The van der Waals surface area contributed by atoms with Gasteiger partial charge in [-0.25, -0.2) is 0 Å². The average molecular weight is 197 g/mol. The molecule has 0 aliphatic heterocycles. The van der Waals surface area contributed by atoms with Crippen LogP contribution in [0.4, 0.5) is 0 Å². The van der Waals surface area contributed by atoms with E-state index >= 15 is 0 Å². The predicted molar refractivity (Wildman–Crippen MR) is 61.1 cm³/mol. The summed E-state index contributed by atoms with van der Waals surface area (Å²) in [5.41, 5.74) is 0. The third-order valence-corrected chi connectivity index (χ3v) is 2.41. The van der Waals surface area contributed by atoms with Crippen molar-refractivity contribution >= 4 is 5.91 Å². The molecule has 0 aliphatic carbocycles. The van der Waals surface area contributed by atoms with Crippen molar-refractivity contribution in [1.29, 1.82) is 0 Å². The van der Waals surface area contributed by atoms with E-state index in [1.807, 2.05) is 0 Å². The molecule has 0 fully saturated rings. The van der Waals surface area contributed by atoms with Crippen LogP contribution < -0.4 is 5.32 Å². The Morgan fingerprint density at radius 3 is 2.71 bits per heavy atom. The Bertz CT molecular complexity index is 175. The van der Waals surface area contributed by atoms with Crippen LogP contribution in [0.3, 0.4) is 0 Å². The van der Waals surface area contributed by atoms with Gasteiger partial charge in [0.2, 0.25) is 5.91 Å². The summed E-state index contributed by atoms with van der Waals surface area (Å²) in [4.78, 5) is 10.9. The maximum atomic E-state index is 10.9. The maximum Gasteiger partial charge on any atom is 0.219 e. The van der Waals surface area contributed by atoms with Gasteiger partial charge in [0, 0.05) is 13.5 Å². The Morgan fingerprint density at radius 1 is 1.43 bits per heavy atom. The molecule has 2 heteroatoms. The topological polar surface area (TPSA) is 29.1 Å². The van der Waals surface area contributed by atoms with E-state index in [0.717, 1.165) is 19.3 Å². The zero-order valence-corrected chi connectivity index (χ0v) is 9.68. The number of carbonyl (C=O) groups is 1. The Kier molecular flexibility index (Phi) is 8.30. The van der Waals surface area contributed by atoms with Crippen LogP contribution in [-0.4, -0.2) is 13.0 Å². The molecule has 0 saturated carbocycles. The fourth-order valence-electron chi connectivity index (χ4n) is 1.14. The summed E-state index contributed by atoms with van der Waals surface area (Å²) in [6.45, 7) is 4.42. The first-order valence-electron chi connectivity index (χ1n) is 5.58. The third-order valence-electron chi connectivity index (χ3n) is 2.41. The third kappa shape index (κ3) is 7.84. The van der Waals surface area contributed by atoms with Crippen LogP contribution in [0.15, 0.2) is 12.2 Å². The number of allylic oxidation sites excluding steroid dienone is 2. The zero-order chi connectivity index (χ0) is 10.8. The van der Waals surface area contributed by atoms with Crippen LogP contribution in [0.5, 0.6) is 0 Å². The van der Waals surface area contributed by atoms with Crippen LogP contribution in [0, 0.1) is 5.92 Å². The molecule has 0 saturated heterocycles. The van der Waals surface area contributed by atoms with E-state index in [-0.39, 0.29) is 5.91 Å². The Labute approximate surface area is 87.8 Å². The SMILES string of the molecule is CCC(C)C=CCCCCC(=O)NC. The van der Waals surface area contributed by atoms with Gasteiger partial charge in [-0.3, -0.25) is 4.79 Å². The van der Waals surface area contributed by atoms with E-state index in [4.69, 9.17) is 0 Å². The highest BCUT2D eigenvalue weighted by Crippen LogP contribution is 2.05. The molecule has 0 heterocycles. The molecular weight excluding hydrogens is 174 g/mol. The monoisotopic (exact) mass is 197 g/mol. The highest BCUT2D eigenvalue weighted by Gasteiger charge is 1.95. The molecule has 1 amide bonds. The fourth-order valence-corrected chi connectivity index (χ4v) is 1.14. The van der Waals surface area contributed by atoms with Crippen LogP contribution in [-0.2, 0) is 4.79 Å². The number of amides is 1. The second-order valence-electron chi connectivity index (χ2n) is 3.73. The second kappa shape index (κ2) is 8.79. The van der Waals surface area contributed by atoms with Gasteiger partial charge < -0.3 is 5.32 Å². The molecule has 1 unspecified atom stereocenters. The number of carbonyl (C=O) groups excluding carboxylic acids is 1. The van der Waals surface area contributed by atoms with Crippen LogP contribution in [0.2, 0.25) is 0 Å². The molecular formula is C12H23NO. The molecule has 0 aromatic carbocycles. The highest BCUT2D eigenvalue weighted by molar-refractivity contribution is 5.75. The van der Waals surface area contributed by atoms with Crippen molar-refractivity contribution in [3.8, 4) is 0 Å². The number of hydrogen-bond acceptors (Lipinski definition) is 1. The van der Waals surface area contributed by atoms with Gasteiger partial charge in [-0.05, 0) is 25.2 Å². The summed E-state index contributed by atoms with van der Waals surface area (Å²) in [5, 5.41) is 2.63. The summed E-state index contributed by atoms with van der Waals surface area (Å²) in [7, 11) is 1.69. The first-order valence-corrected chi connectivity index (χ1v) is 5.58. The minimum atomic E-state index is 0.149. The van der Waals surface area contributed by atoms with E-state index in [1.165, 1.54) is 6.42 Å². The van der Waals surface area contributed by atoms with Crippen molar-refractivity contribution in [2.24, 2.45) is 5.92 Å². The standard InChI is InChI=1S/C12H23NO/c1-4-11(2)9-7-5-6-8-10-12(14)13-3/h7,9,11H,4-6,8,10H2,1-3H3,(H,13,14). The van der Waals surface area contributed by atoms with E-state index in [1.54, 1.807) is 7.05 Å². The maximum absolute atomic E-state index is 10.9. The van der Waals surface area contributed by atoms with Gasteiger partial charge in [-0.2, -0.15) is 0 Å². The normalized spacial score (nSPS) is 13.1. The highest BCUT2D eigenvalue weighted by atomic mass is 16.1. The number of nitrogens with one attached hydrogen (secondary N) is 1. The zero-order valence-electron chi connectivity index (χ0n) is 9.68.